The maximum absolute atomic E-state index is 13.9. The third-order valence-electron chi connectivity index (χ3n) is 2.89. The fourth-order valence-electron chi connectivity index (χ4n) is 1.93. The first-order valence-electron chi connectivity index (χ1n) is 6.45. The number of hydrogen-bond donors (Lipinski definition) is 1. The van der Waals surface area contributed by atoms with Crippen molar-refractivity contribution < 1.29 is 13.9 Å². The van der Waals surface area contributed by atoms with Crippen molar-refractivity contribution in [1.29, 1.82) is 0 Å². The van der Waals surface area contributed by atoms with Crippen molar-refractivity contribution in [2.75, 3.05) is 7.11 Å². The Bertz CT molecular complexity index is 567. The van der Waals surface area contributed by atoms with Crippen molar-refractivity contribution in [3.8, 4) is 17.2 Å². The van der Waals surface area contributed by atoms with Gasteiger partial charge in [0, 0.05) is 11.6 Å². The Hall–Kier alpha value is -2.07. The van der Waals surface area contributed by atoms with Gasteiger partial charge >= 0.3 is 0 Å². The van der Waals surface area contributed by atoms with Crippen molar-refractivity contribution in [1.82, 2.24) is 0 Å². The first kappa shape index (κ1) is 14.3. The Kier molecular flexibility index (Phi) is 4.58. The highest BCUT2D eigenvalue weighted by Gasteiger charge is 2.12. The highest BCUT2D eigenvalue weighted by molar-refractivity contribution is 5.40. The second kappa shape index (κ2) is 6.39. The van der Waals surface area contributed by atoms with E-state index in [9.17, 15) is 4.39 Å². The number of rotatable bonds is 5. The van der Waals surface area contributed by atoms with Gasteiger partial charge in [-0.1, -0.05) is 6.07 Å². The first-order chi connectivity index (χ1) is 9.60. The van der Waals surface area contributed by atoms with Gasteiger partial charge in [0.25, 0.3) is 0 Å². The van der Waals surface area contributed by atoms with Crippen molar-refractivity contribution in [3.63, 3.8) is 0 Å². The van der Waals surface area contributed by atoms with Gasteiger partial charge in [-0.2, -0.15) is 0 Å². The third-order valence-corrected chi connectivity index (χ3v) is 2.89. The molecule has 0 saturated heterocycles. The van der Waals surface area contributed by atoms with E-state index < -0.39 is 0 Å². The molecule has 0 bridgehead atoms. The summed E-state index contributed by atoms with van der Waals surface area (Å²) < 4.78 is 24.7. The molecule has 0 saturated carbocycles. The van der Waals surface area contributed by atoms with Gasteiger partial charge in [0.2, 0.25) is 0 Å². The van der Waals surface area contributed by atoms with Gasteiger partial charge in [0.05, 0.1) is 7.11 Å². The highest BCUT2D eigenvalue weighted by Crippen LogP contribution is 2.29. The van der Waals surface area contributed by atoms with E-state index in [0.29, 0.717) is 23.5 Å². The summed E-state index contributed by atoms with van der Waals surface area (Å²) >= 11 is 0. The van der Waals surface area contributed by atoms with Crippen LogP contribution in [0.15, 0.2) is 42.5 Å². The molecule has 2 N–H and O–H groups in total. The summed E-state index contributed by atoms with van der Waals surface area (Å²) in [5.74, 6) is 1.57. The second-order valence-corrected chi connectivity index (χ2v) is 4.68. The van der Waals surface area contributed by atoms with Gasteiger partial charge in [0.15, 0.2) is 0 Å². The van der Waals surface area contributed by atoms with Crippen LogP contribution in [0.4, 0.5) is 4.39 Å². The molecule has 2 aromatic carbocycles. The summed E-state index contributed by atoms with van der Waals surface area (Å²) in [5.41, 5.74) is 6.25. The highest BCUT2D eigenvalue weighted by atomic mass is 19.1. The molecule has 0 fully saturated rings. The van der Waals surface area contributed by atoms with Crippen LogP contribution < -0.4 is 15.2 Å². The minimum atomic E-state index is -0.298. The number of benzene rings is 2. The van der Waals surface area contributed by atoms with E-state index in [1.807, 2.05) is 6.92 Å². The predicted molar refractivity (Wildman–Crippen MR) is 76.8 cm³/mol. The van der Waals surface area contributed by atoms with Gasteiger partial charge in [-0.05, 0) is 49.7 Å². The molecule has 2 rings (SSSR count). The molecule has 0 heterocycles. The van der Waals surface area contributed by atoms with Crippen LogP contribution in [0.25, 0.3) is 0 Å². The predicted octanol–water partition coefficient (Wildman–Crippen LogP) is 3.52. The van der Waals surface area contributed by atoms with Crippen LogP contribution in [-0.2, 0) is 6.42 Å². The van der Waals surface area contributed by atoms with Gasteiger partial charge in [-0.3, -0.25) is 0 Å². The maximum atomic E-state index is 13.9. The minimum absolute atomic E-state index is 0.134. The Labute approximate surface area is 118 Å². The van der Waals surface area contributed by atoms with Crippen molar-refractivity contribution in [2.45, 2.75) is 19.4 Å². The Morgan fingerprint density at radius 3 is 2.35 bits per heavy atom. The average molecular weight is 275 g/mol. The molecular formula is C16H18FNO2. The molecule has 0 radical (unpaired) electrons. The van der Waals surface area contributed by atoms with E-state index >= 15 is 0 Å². The lowest BCUT2D eigenvalue weighted by Crippen LogP contribution is -2.19. The van der Waals surface area contributed by atoms with Crippen molar-refractivity contribution in [3.05, 3.63) is 53.8 Å². The van der Waals surface area contributed by atoms with Crippen LogP contribution in [0.5, 0.6) is 17.2 Å². The molecule has 20 heavy (non-hydrogen) atoms. The van der Waals surface area contributed by atoms with Crippen molar-refractivity contribution >= 4 is 0 Å². The second-order valence-electron chi connectivity index (χ2n) is 4.68. The molecule has 3 nitrogen and oxygen atoms in total. The minimum Gasteiger partial charge on any atom is -0.497 e. The topological polar surface area (TPSA) is 44.5 Å². The molecular weight excluding hydrogens is 257 g/mol. The standard InChI is InChI=1S/C16H18FNO2/c1-11(18)10-14-15(17)4-3-5-16(14)20-13-8-6-12(19-2)7-9-13/h3-9,11H,10,18H2,1-2H3. The average Bonchev–Trinajstić information content (AvgIpc) is 2.43. The maximum Gasteiger partial charge on any atom is 0.133 e. The summed E-state index contributed by atoms with van der Waals surface area (Å²) in [6.45, 7) is 1.84. The van der Waals surface area contributed by atoms with Crippen LogP contribution in [0, 0.1) is 5.82 Å². The lowest BCUT2D eigenvalue weighted by Gasteiger charge is -2.14. The van der Waals surface area contributed by atoms with Crippen LogP contribution in [0.3, 0.4) is 0 Å². The van der Waals surface area contributed by atoms with Crippen LogP contribution in [0.2, 0.25) is 0 Å². The number of halogens is 1. The van der Waals surface area contributed by atoms with Crippen LogP contribution >= 0.6 is 0 Å². The van der Waals surface area contributed by atoms with E-state index in [0.717, 1.165) is 5.75 Å². The molecule has 0 spiro atoms. The van der Waals surface area contributed by atoms with E-state index in [4.69, 9.17) is 15.2 Å². The smallest absolute Gasteiger partial charge is 0.133 e. The summed E-state index contributed by atoms with van der Waals surface area (Å²) in [4.78, 5) is 0. The molecule has 0 aromatic heterocycles. The fraction of sp³-hybridized carbons (Fsp3) is 0.250. The molecule has 0 amide bonds. The number of hydrogen-bond acceptors (Lipinski definition) is 3. The molecule has 1 atom stereocenters. The molecule has 4 heteroatoms. The monoisotopic (exact) mass is 275 g/mol. The fourth-order valence-corrected chi connectivity index (χ4v) is 1.93. The van der Waals surface area contributed by atoms with Crippen LogP contribution in [-0.4, -0.2) is 13.2 Å². The number of methoxy groups -OCH3 is 1. The molecule has 2 aromatic rings. The quantitative estimate of drug-likeness (QED) is 0.908. The van der Waals surface area contributed by atoms with Crippen molar-refractivity contribution in [2.24, 2.45) is 5.73 Å². The Morgan fingerprint density at radius 1 is 1.10 bits per heavy atom. The summed E-state index contributed by atoms with van der Waals surface area (Å²) in [6, 6.07) is 11.8. The van der Waals surface area contributed by atoms with Gasteiger partial charge in [-0.25, -0.2) is 4.39 Å². The Morgan fingerprint density at radius 2 is 1.75 bits per heavy atom. The van der Waals surface area contributed by atoms with E-state index in [2.05, 4.69) is 0 Å². The number of ether oxygens (including phenoxy) is 2. The lowest BCUT2D eigenvalue weighted by molar-refractivity contribution is 0.412. The van der Waals surface area contributed by atoms with Gasteiger partial charge in [-0.15, -0.1) is 0 Å². The van der Waals surface area contributed by atoms with Crippen LogP contribution in [0.1, 0.15) is 12.5 Å². The summed E-state index contributed by atoms with van der Waals surface area (Å²) in [5, 5.41) is 0. The van der Waals surface area contributed by atoms with E-state index in [-0.39, 0.29) is 11.9 Å². The molecule has 1 unspecified atom stereocenters. The summed E-state index contributed by atoms with van der Waals surface area (Å²) in [6.07, 6.45) is 0.429. The SMILES string of the molecule is COc1ccc(Oc2cccc(F)c2CC(C)N)cc1. The third kappa shape index (κ3) is 3.48. The zero-order valence-corrected chi connectivity index (χ0v) is 11.6. The summed E-state index contributed by atoms with van der Waals surface area (Å²) in [7, 11) is 1.60. The largest absolute Gasteiger partial charge is 0.497 e. The van der Waals surface area contributed by atoms with Gasteiger partial charge < -0.3 is 15.2 Å². The number of nitrogens with two attached hydrogens (primary N) is 1. The first-order valence-corrected chi connectivity index (χ1v) is 6.45. The molecule has 0 aliphatic carbocycles. The van der Waals surface area contributed by atoms with E-state index in [1.54, 1.807) is 43.5 Å². The molecule has 106 valence electrons. The zero-order valence-electron chi connectivity index (χ0n) is 11.6. The normalized spacial score (nSPS) is 12.0. The molecule has 0 aliphatic rings. The zero-order chi connectivity index (χ0) is 14.5. The van der Waals surface area contributed by atoms with Gasteiger partial charge in [0.1, 0.15) is 23.1 Å². The van der Waals surface area contributed by atoms with E-state index in [1.165, 1.54) is 6.07 Å². The Balaban J connectivity index is 2.25. The lowest BCUT2D eigenvalue weighted by atomic mass is 10.1. The molecule has 0 aliphatic heterocycles.